The van der Waals surface area contributed by atoms with Gasteiger partial charge in [-0.05, 0) is 19.1 Å². The number of ether oxygens (including phenoxy) is 1. The van der Waals surface area contributed by atoms with E-state index in [1.165, 1.54) is 19.1 Å². The zero-order chi connectivity index (χ0) is 14.9. The molecule has 2 aromatic rings. The summed E-state index contributed by atoms with van der Waals surface area (Å²) in [6.07, 6.45) is -4.75. The predicted molar refractivity (Wildman–Crippen MR) is 75.8 cm³/mol. The number of nitrogens with zero attached hydrogens (tertiary/aromatic N) is 1. The summed E-state index contributed by atoms with van der Waals surface area (Å²) in [6.45, 7) is 1.51. The van der Waals surface area contributed by atoms with Crippen LogP contribution < -0.4 is 15.8 Å². The molecule has 2 rings (SSSR count). The van der Waals surface area contributed by atoms with Crippen molar-refractivity contribution in [2.24, 2.45) is 5.73 Å². The smallest absolute Gasteiger partial charge is 0.406 e. The molecule has 0 saturated carbocycles. The van der Waals surface area contributed by atoms with Crippen LogP contribution in [0.3, 0.4) is 0 Å². The maximum Gasteiger partial charge on any atom is 0.573 e. The average molecular weight is 342 g/mol. The van der Waals surface area contributed by atoms with E-state index in [0.29, 0.717) is 10.2 Å². The number of nitrogens with two attached hydrogens (primary N) is 1. The van der Waals surface area contributed by atoms with Crippen LogP contribution in [0.25, 0.3) is 10.2 Å². The van der Waals surface area contributed by atoms with E-state index < -0.39 is 18.3 Å². The van der Waals surface area contributed by atoms with Crippen LogP contribution in [0.5, 0.6) is 5.75 Å². The zero-order valence-corrected chi connectivity index (χ0v) is 12.2. The summed E-state index contributed by atoms with van der Waals surface area (Å²) in [7, 11) is 0. The van der Waals surface area contributed by atoms with Gasteiger partial charge in [0, 0.05) is 6.07 Å². The number of thiazole rings is 1. The number of fused-ring (bicyclic) bond motifs is 1. The van der Waals surface area contributed by atoms with Gasteiger partial charge in [-0.15, -0.1) is 25.6 Å². The second-order valence-electron chi connectivity index (χ2n) is 3.97. The summed E-state index contributed by atoms with van der Waals surface area (Å²) in [4.78, 5) is 15.5. The van der Waals surface area contributed by atoms with Crippen molar-refractivity contribution in [2.75, 3.05) is 5.32 Å². The molecule has 0 radical (unpaired) electrons. The van der Waals surface area contributed by atoms with Crippen molar-refractivity contribution < 1.29 is 22.7 Å². The van der Waals surface area contributed by atoms with Gasteiger partial charge in [0.15, 0.2) is 5.13 Å². The van der Waals surface area contributed by atoms with Crippen LogP contribution in [0.15, 0.2) is 18.2 Å². The molecule has 116 valence electrons. The van der Waals surface area contributed by atoms with Gasteiger partial charge in [0.25, 0.3) is 0 Å². The summed E-state index contributed by atoms with van der Waals surface area (Å²) in [5.41, 5.74) is 5.85. The molecule has 0 aliphatic carbocycles. The second-order valence-corrected chi connectivity index (χ2v) is 5.00. The number of anilines is 1. The number of rotatable bonds is 3. The lowest BCUT2D eigenvalue weighted by Crippen LogP contribution is -2.32. The Morgan fingerprint density at radius 2 is 2.14 bits per heavy atom. The molecule has 1 amide bonds. The summed E-state index contributed by atoms with van der Waals surface area (Å²) >= 11 is 1.04. The first-order valence-corrected chi connectivity index (χ1v) is 6.29. The number of alkyl halides is 3. The third kappa shape index (κ3) is 4.73. The van der Waals surface area contributed by atoms with E-state index in [1.54, 1.807) is 0 Å². The second kappa shape index (κ2) is 6.46. The minimum atomic E-state index is -4.75. The molecule has 21 heavy (non-hydrogen) atoms. The standard InChI is InChI=1S/C11H10F3N3O2S.ClH/c1-5(15)9(18)17-10-16-7-3-2-6(4-8(7)20-10)19-11(12,13)14;/h2-5H,15H2,1H3,(H,16,17,18);1H/t5-;/m1./s1. The third-order valence-electron chi connectivity index (χ3n) is 2.24. The molecule has 5 nitrogen and oxygen atoms in total. The lowest BCUT2D eigenvalue weighted by molar-refractivity contribution is -0.274. The minimum absolute atomic E-state index is 0. The molecule has 0 fully saturated rings. The molecule has 1 aromatic carbocycles. The molecule has 1 atom stereocenters. The topological polar surface area (TPSA) is 77.2 Å². The predicted octanol–water partition coefficient (Wildman–Crippen LogP) is 2.90. The minimum Gasteiger partial charge on any atom is -0.406 e. The van der Waals surface area contributed by atoms with E-state index in [4.69, 9.17) is 5.73 Å². The van der Waals surface area contributed by atoms with Gasteiger partial charge in [-0.3, -0.25) is 4.79 Å². The number of amides is 1. The molecular formula is C11H11ClF3N3O2S. The van der Waals surface area contributed by atoms with Crippen LogP contribution in [0, 0.1) is 0 Å². The summed E-state index contributed by atoms with van der Waals surface area (Å²) in [5, 5.41) is 2.75. The van der Waals surface area contributed by atoms with Crippen molar-refractivity contribution in [1.29, 1.82) is 0 Å². The molecule has 1 aromatic heterocycles. The Bertz CT molecular complexity index is 645. The van der Waals surface area contributed by atoms with Gasteiger partial charge in [0.1, 0.15) is 5.75 Å². The number of hydrogen-bond donors (Lipinski definition) is 2. The Kier molecular flexibility index (Phi) is 5.37. The Hall–Kier alpha value is -1.58. The maximum absolute atomic E-state index is 12.1. The molecule has 0 aliphatic rings. The third-order valence-corrected chi connectivity index (χ3v) is 3.17. The van der Waals surface area contributed by atoms with E-state index >= 15 is 0 Å². The fraction of sp³-hybridized carbons (Fsp3) is 0.273. The molecular weight excluding hydrogens is 331 g/mol. The number of hydrogen-bond acceptors (Lipinski definition) is 5. The molecule has 0 unspecified atom stereocenters. The molecule has 0 bridgehead atoms. The first kappa shape index (κ1) is 17.5. The first-order valence-electron chi connectivity index (χ1n) is 5.47. The largest absolute Gasteiger partial charge is 0.573 e. The van der Waals surface area contributed by atoms with Crippen LogP contribution in [-0.4, -0.2) is 23.3 Å². The van der Waals surface area contributed by atoms with Crippen molar-refractivity contribution in [2.45, 2.75) is 19.3 Å². The van der Waals surface area contributed by atoms with Crippen LogP contribution in [0.4, 0.5) is 18.3 Å². The first-order chi connectivity index (χ1) is 9.24. The quantitative estimate of drug-likeness (QED) is 0.900. The van der Waals surface area contributed by atoms with Crippen LogP contribution >= 0.6 is 23.7 Å². The highest BCUT2D eigenvalue weighted by Gasteiger charge is 2.31. The zero-order valence-electron chi connectivity index (χ0n) is 10.6. The van der Waals surface area contributed by atoms with Crippen molar-refractivity contribution >= 4 is 45.0 Å². The van der Waals surface area contributed by atoms with E-state index in [-0.39, 0.29) is 23.3 Å². The molecule has 0 aliphatic heterocycles. The highest BCUT2D eigenvalue weighted by Crippen LogP contribution is 2.31. The number of halogens is 4. The van der Waals surface area contributed by atoms with E-state index in [1.807, 2.05) is 0 Å². The van der Waals surface area contributed by atoms with Gasteiger partial charge in [-0.1, -0.05) is 11.3 Å². The molecule has 10 heteroatoms. The van der Waals surface area contributed by atoms with Crippen LogP contribution in [0.1, 0.15) is 6.92 Å². The summed E-state index contributed by atoms with van der Waals surface area (Å²) in [6, 6.07) is 3.05. The van der Waals surface area contributed by atoms with Gasteiger partial charge in [0.05, 0.1) is 16.3 Å². The van der Waals surface area contributed by atoms with Gasteiger partial charge < -0.3 is 15.8 Å². The fourth-order valence-corrected chi connectivity index (χ4v) is 2.27. The van der Waals surface area contributed by atoms with Crippen molar-refractivity contribution in [3.05, 3.63) is 18.2 Å². The molecule has 0 spiro atoms. The summed E-state index contributed by atoms with van der Waals surface area (Å²) < 4.78 is 40.6. The van der Waals surface area contributed by atoms with Gasteiger partial charge in [-0.25, -0.2) is 4.98 Å². The molecule has 3 N–H and O–H groups in total. The van der Waals surface area contributed by atoms with Crippen molar-refractivity contribution in [3.8, 4) is 5.75 Å². The summed E-state index contributed by atoms with van der Waals surface area (Å²) in [5.74, 6) is -0.755. The van der Waals surface area contributed by atoms with E-state index in [2.05, 4.69) is 15.0 Å². The van der Waals surface area contributed by atoms with Crippen molar-refractivity contribution in [1.82, 2.24) is 4.98 Å². The number of nitrogens with one attached hydrogen (secondary N) is 1. The number of carbonyl (C=O) groups is 1. The highest BCUT2D eigenvalue weighted by molar-refractivity contribution is 7.22. The van der Waals surface area contributed by atoms with Gasteiger partial charge >= 0.3 is 6.36 Å². The van der Waals surface area contributed by atoms with Crippen LogP contribution in [-0.2, 0) is 4.79 Å². The normalized spacial score (nSPS) is 12.6. The van der Waals surface area contributed by atoms with E-state index in [0.717, 1.165) is 17.4 Å². The number of carbonyl (C=O) groups excluding carboxylic acids is 1. The fourth-order valence-electron chi connectivity index (χ4n) is 1.37. The highest BCUT2D eigenvalue weighted by atomic mass is 35.5. The molecule has 0 saturated heterocycles. The number of aromatic nitrogens is 1. The SMILES string of the molecule is C[C@@H](N)C(=O)Nc1nc2ccc(OC(F)(F)F)cc2s1.Cl. The number of benzene rings is 1. The van der Waals surface area contributed by atoms with Crippen molar-refractivity contribution in [3.63, 3.8) is 0 Å². The Labute approximate surface area is 127 Å². The van der Waals surface area contributed by atoms with E-state index in [9.17, 15) is 18.0 Å². The van der Waals surface area contributed by atoms with Crippen LogP contribution in [0.2, 0.25) is 0 Å². The monoisotopic (exact) mass is 341 g/mol. The Morgan fingerprint density at radius 3 is 2.71 bits per heavy atom. The lowest BCUT2D eigenvalue weighted by atomic mass is 10.3. The Morgan fingerprint density at radius 1 is 1.48 bits per heavy atom. The van der Waals surface area contributed by atoms with Gasteiger partial charge in [-0.2, -0.15) is 0 Å². The maximum atomic E-state index is 12.1. The van der Waals surface area contributed by atoms with Gasteiger partial charge in [0.2, 0.25) is 5.91 Å². The molecule has 1 heterocycles. The Balaban J connectivity index is 0.00000220. The lowest BCUT2D eigenvalue weighted by Gasteiger charge is -2.07. The average Bonchev–Trinajstić information content (AvgIpc) is 2.68.